The number of benzene rings is 3. The van der Waals surface area contributed by atoms with E-state index >= 15 is 0 Å². The van der Waals surface area contributed by atoms with E-state index < -0.39 is 68.1 Å². The molecule has 0 bridgehead atoms. The predicted molar refractivity (Wildman–Crippen MR) is 116 cm³/mol. The van der Waals surface area contributed by atoms with Gasteiger partial charge in [0.1, 0.15) is 0 Å². The summed E-state index contributed by atoms with van der Waals surface area (Å²) in [5.74, 6) is -0.928. The minimum absolute atomic E-state index is 0.0541. The Kier molecular flexibility index (Phi) is 2.36. The lowest BCUT2D eigenvalue weighted by Crippen LogP contribution is -2.46. The van der Waals surface area contributed by atoms with Gasteiger partial charge in [-0.2, -0.15) is 0 Å². The summed E-state index contributed by atoms with van der Waals surface area (Å²) in [6, 6.07) is 9.89. The average Bonchev–Trinajstić information content (AvgIpc) is 3.28. The van der Waals surface area contributed by atoms with Crippen LogP contribution >= 0.6 is 0 Å². The van der Waals surface area contributed by atoms with Gasteiger partial charge in [-0.05, 0) is 34.9 Å². The average molecular weight is 398 g/mol. The number of aromatic amines is 1. The molecule has 3 aromatic carbocycles. The van der Waals surface area contributed by atoms with Crippen LogP contribution in [0.3, 0.4) is 0 Å². The van der Waals surface area contributed by atoms with Crippen molar-refractivity contribution in [2.75, 3.05) is 30.9 Å². The summed E-state index contributed by atoms with van der Waals surface area (Å²) in [4.78, 5) is 14.7. The van der Waals surface area contributed by atoms with Gasteiger partial charge in [0.05, 0.1) is 22.2 Å². The van der Waals surface area contributed by atoms with Crippen molar-refractivity contribution in [2.45, 2.75) is 6.54 Å². The second kappa shape index (κ2) is 7.60. The van der Waals surface area contributed by atoms with Gasteiger partial charge in [-0.25, -0.2) is 4.79 Å². The number of para-hydroxylation sites is 1. The Morgan fingerprint density at radius 2 is 1.83 bits per heavy atom. The standard InChI is InChI=1S/C24H23N3O2/c28-24-25-21-10-5-11-22(23(21)29-24)27-14-12-26(13-15-27)17-18-6-4-9-20(16-18)19-7-2-1-3-8-19/h1-11,16H,12-15,17H2,(H,25,28)/i4D,6D,9D,12D2,13D2,14D2,15D2,16D. The number of fused-ring (bicyclic) bond motifs is 1. The molecular weight excluding hydrogens is 362 g/mol. The zero-order chi connectivity index (χ0) is 30.3. The van der Waals surface area contributed by atoms with E-state index in [9.17, 15) is 4.79 Å². The smallest absolute Gasteiger partial charge is 0.406 e. The lowest BCUT2D eigenvalue weighted by Gasteiger charge is -2.36. The number of anilines is 1. The summed E-state index contributed by atoms with van der Waals surface area (Å²) in [6.07, 6.45) is 0. The first-order valence-electron chi connectivity index (χ1n) is 14.8. The van der Waals surface area contributed by atoms with Crippen LogP contribution in [0.2, 0.25) is 0 Å². The Balaban J connectivity index is 1.70. The fourth-order valence-electron chi connectivity index (χ4n) is 2.98. The number of aromatic nitrogens is 1. The van der Waals surface area contributed by atoms with Crippen LogP contribution in [-0.2, 0) is 6.54 Å². The molecule has 5 rings (SSSR count). The zero-order valence-electron chi connectivity index (χ0n) is 27.0. The lowest BCUT2D eigenvalue weighted by atomic mass is 10.0. The summed E-state index contributed by atoms with van der Waals surface area (Å²) in [5, 5.41) is 0. The maximum Gasteiger partial charge on any atom is 0.417 e. The number of oxazole rings is 1. The fourth-order valence-corrected chi connectivity index (χ4v) is 2.98. The van der Waals surface area contributed by atoms with Crippen molar-refractivity contribution in [1.82, 2.24) is 9.88 Å². The molecule has 1 saturated heterocycles. The van der Waals surface area contributed by atoms with Gasteiger partial charge in [0.15, 0.2) is 5.58 Å². The third-order valence-corrected chi connectivity index (χ3v) is 4.32. The molecule has 1 fully saturated rings. The third kappa shape index (κ3) is 3.69. The van der Waals surface area contributed by atoms with E-state index in [0.29, 0.717) is 5.56 Å². The number of nitrogens with one attached hydrogen (secondary N) is 1. The number of hydrogen-bond donors (Lipinski definition) is 1. The van der Waals surface area contributed by atoms with Gasteiger partial charge >= 0.3 is 5.76 Å². The third-order valence-electron chi connectivity index (χ3n) is 4.32. The topological polar surface area (TPSA) is 52.5 Å². The molecule has 1 aliphatic heterocycles. The second-order valence-corrected chi connectivity index (χ2v) is 6.26. The van der Waals surface area contributed by atoms with Gasteiger partial charge < -0.3 is 9.32 Å². The normalized spacial score (nSPS) is 28.1. The van der Waals surface area contributed by atoms with E-state index in [-0.39, 0.29) is 32.0 Å². The van der Waals surface area contributed by atoms with E-state index in [1.54, 1.807) is 30.3 Å². The van der Waals surface area contributed by atoms with Gasteiger partial charge in [-0.1, -0.05) is 54.5 Å². The van der Waals surface area contributed by atoms with E-state index in [0.717, 1.165) is 0 Å². The Morgan fingerprint density at radius 3 is 2.66 bits per heavy atom. The number of hydrogen-bond acceptors (Lipinski definition) is 4. The van der Waals surface area contributed by atoms with E-state index in [2.05, 4.69) is 4.98 Å². The molecule has 0 spiro atoms. The van der Waals surface area contributed by atoms with Gasteiger partial charge in [-0.3, -0.25) is 9.88 Å². The largest absolute Gasteiger partial charge is 0.417 e. The maximum absolute atomic E-state index is 11.9. The van der Waals surface area contributed by atoms with Crippen LogP contribution in [-0.4, -0.2) is 35.9 Å². The van der Waals surface area contributed by atoms with Crippen molar-refractivity contribution < 1.29 is 20.9 Å². The van der Waals surface area contributed by atoms with E-state index in [4.69, 9.17) is 20.9 Å². The van der Waals surface area contributed by atoms with Crippen LogP contribution < -0.4 is 10.7 Å². The molecule has 5 nitrogen and oxygen atoms in total. The molecule has 0 saturated carbocycles. The van der Waals surface area contributed by atoms with Crippen molar-refractivity contribution in [3.05, 3.63) is 88.8 Å². The van der Waals surface area contributed by atoms with Gasteiger partial charge in [0.2, 0.25) is 0 Å². The molecule has 4 aromatic rings. The second-order valence-electron chi connectivity index (χ2n) is 6.26. The van der Waals surface area contributed by atoms with Crippen LogP contribution in [0.25, 0.3) is 22.2 Å². The monoisotopic (exact) mass is 397 g/mol. The Bertz CT molecular complexity index is 1690. The molecule has 29 heavy (non-hydrogen) atoms. The van der Waals surface area contributed by atoms with Crippen LogP contribution in [0.5, 0.6) is 0 Å². The van der Waals surface area contributed by atoms with Crippen LogP contribution in [0, 0.1) is 0 Å². The van der Waals surface area contributed by atoms with Crippen molar-refractivity contribution in [1.29, 1.82) is 0 Å². The molecule has 0 aliphatic carbocycles. The molecule has 1 aliphatic rings. The van der Waals surface area contributed by atoms with Crippen molar-refractivity contribution in [3.63, 3.8) is 0 Å². The van der Waals surface area contributed by atoms with Crippen molar-refractivity contribution in [2.24, 2.45) is 0 Å². The molecule has 0 amide bonds. The quantitative estimate of drug-likeness (QED) is 0.563. The number of rotatable bonds is 4. The van der Waals surface area contributed by atoms with E-state index in [1.165, 1.54) is 18.2 Å². The Morgan fingerprint density at radius 1 is 1.00 bits per heavy atom. The first-order valence-corrected chi connectivity index (χ1v) is 8.80. The molecule has 1 N–H and O–H groups in total. The van der Waals surface area contributed by atoms with Crippen molar-refractivity contribution in [3.8, 4) is 11.1 Å². The highest BCUT2D eigenvalue weighted by molar-refractivity contribution is 5.86. The number of H-pyrrole nitrogens is 1. The zero-order valence-corrected chi connectivity index (χ0v) is 15.0. The molecule has 146 valence electrons. The van der Waals surface area contributed by atoms with Gasteiger partial charge in [-0.15, -0.1) is 0 Å². The lowest BCUT2D eigenvalue weighted by molar-refractivity contribution is 0.250. The first-order chi connectivity index (χ1) is 19.0. The predicted octanol–water partition coefficient (Wildman–Crippen LogP) is 4.11. The van der Waals surface area contributed by atoms with Gasteiger partial charge in [0, 0.05) is 38.0 Å². The molecule has 0 radical (unpaired) electrons. The summed E-state index contributed by atoms with van der Waals surface area (Å²) >= 11 is 0. The highest BCUT2D eigenvalue weighted by atomic mass is 16.4. The summed E-state index contributed by atoms with van der Waals surface area (Å²) < 4.78 is 109. The SMILES string of the molecule is [2H]c1c([2H])c(CN2C([2H])([2H])C([2H])([2H])N(c3cccc4[nH]c(=O)oc34)C([2H])([2H])C2([2H])[2H])c([2H])c(-c2ccccc2)c1[2H]. The molecule has 5 heteroatoms. The first kappa shape index (κ1) is 9.01. The van der Waals surface area contributed by atoms with Gasteiger partial charge in [0.25, 0.3) is 0 Å². The van der Waals surface area contributed by atoms with Crippen LogP contribution in [0.1, 0.15) is 22.0 Å². The van der Waals surface area contributed by atoms with Crippen LogP contribution in [0.15, 0.2) is 81.9 Å². The maximum atomic E-state index is 11.9. The summed E-state index contributed by atoms with van der Waals surface area (Å²) in [5.41, 5.74) is -0.724. The molecule has 0 atom stereocenters. The highest BCUT2D eigenvalue weighted by Crippen LogP contribution is 2.26. The molecule has 2 heterocycles. The van der Waals surface area contributed by atoms with Crippen LogP contribution in [0.4, 0.5) is 5.69 Å². The summed E-state index contributed by atoms with van der Waals surface area (Å²) in [7, 11) is 0. The molecular formula is C24H23N3O2. The molecule has 1 aromatic heterocycles. The Labute approximate surface area is 186 Å². The summed E-state index contributed by atoms with van der Waals surface area (Å²) in [6.45, 7) is -14.3. The minimum atomic E-state index is -3.32. The Hall–Kier alpha value is -3.31. The highest BCUT2D eigenvalue weighted by Gasteiger charge is 2.20. The molecule has 0 unspecified atom stereocenters. The fraction of sp³-hybridized carbons (Fsp3) is 0.208. The number of piperazine rings is 1. The minimum Gasteiger partial charge on any atom is -0.406 e. The number of nitrogens with zero attached hydrogens (tertiary/aromatic N) is 2. The van der Waals surface area contributed by atoms with E-state index in [1.807, 2.05) is 0 Å². The van der Waals surface area contributed by atoms with Crippen molar-refractivity contribution >= 4 is 16.8 Å².